The highest BCUT2D eigenvalue weighted by molar-refractivity contribution is 7.94. The van der Waals surface area contributed by atoms with Gasteiger partial charge in [-0.2, -0.15) is 5.26 Å². The lowest BCUT2D eigenvalue weighted by Gasteiger charge is -2.03. The van der Waals surface area contributed by atoms with Crippen LogP contribution in [0.4, 0.5) is 5.82 Å². The minimum Gasteiger partial charge on any atom is -0.261 e. The van der Waals surface area contributed by atoms with E-state index in [4.69, 9.17) is 5.26 Å². The second-order valence-corrected chi connectivity index (χ2v) is 5.92. The lowest BCUT2D eigenvalue weighted by Crippen LogP contribution is -2.12. The van der Waals surface area contributed by atoms with Crippen LogP contribution in [0.25, 0.3) is 0 Å². The molecule has 6 nitrogen and oxygen atoms in total. The largest absolute Gasteiger partial charge is 0.272 e. The maximum absolute atomic E-state index is 11.9. The van der Waals surface area contributed by atoms with E-state index in [9.17, 15) is 8.42 Å². The number of nitrogens with one attached hydrogen (secondary N) is 1. The molecule has 0 aromatic carbocycles. The van der Waals surface area contributed by atoms with Gasteiger partial charge in [-0.15, -0.1) is 11.3 Å². The summed E-state index contributed by atoms with van der Waals surface area (Å²) in [7, 11) is -3.69. The summed E-state index contributed by atoms with van der Waals surface area (Å²) in [5, 5.41) is 8.63. The Morgan fingerprint density at radius 2 is 2.18 bits per heavy atom. The summed E-state index contributed by atoms with van der Waals surface area (Å²) in [4.78, 5) is 7.89. The Bertz CT molecular complexity index is 658. The van der Waals surface area contributed by atoms with Crippen LogP contribution in [0.5, 0.6) is 0 Å². The van der Waals surface area contributed by atoms with E-state index in [-0.39, 0.29) is 10.0 Å². The first-order valence-corrected chi connectivity index (χ1v) is 6.70. The second kappa shape index (κ2) is 4.48. The first-order valence-electron chi connectivity index (χ1n) is 4.40. The summed E-state index contributed by atoms with van der Waals surface area (Å²) in [5.74, 6) is 0.138. The molecular weight excluding hydrogens is 260 g/mol. The molecule has 0 atom stereocenters. The molecule has 8 heteroatoms. The molecule has 2 rings (SSSR count). The van der Waals surface area contributed by atoms with Gasteiger partial charge >= 0.3 is 0 Å². The number of hydrogen-bond acceptors (Lipinski definition) is 6. The average molecular weight is 266 g/mol. The van der Waals surface area contributed by atoms with E-state index in [1.54, 1.807) is 0 Å². The maximum atomic E-state index is 11.9. The van der Waals surface area contributed by atoms with Crippen LogP contribution < -0.4 is 4.72 Å². The predicted octanol–water partition coefficient (Wildman–Crippen LogP) is 1.21. The molecular formula is C9H6N4O2S2. The van der Waals surface area contributed by atoms with Crippen LogP contribution in [0.2, 0.25) is 0 Å². The quantitative estimate of drug-likeness (QED) is 0.900. The van der Waals surface area contributed by atoms with Crippen molar-refractivity contribution >= 4 is 27.2 Å². The van der Waals surface area contributed by atoms with Gasteiger partial charge in [0.15, 0.2) is 5.82 Å². The van der Waals surface area contributed by atoms with Gasteiger partial charge in [-0.1, -0.05) is 0 Å². The third-order valence-electron chi connectivity index (χ3n) is 1.76. The molecule has 0 aliphatic carbocycles. The molecule has 0 radical (unpaired) electrons. The fourth-order valence-electron chi connectivity index (χ4n) is 1.06. The molecule has 2 aromatic heterocycles. The van der Waals surface area contributed by atoms with Crippen molar-refractivity contribution in [1.82, 2.24) is 9.97 Å². The number of rotatable bonds is 3. The van der Waals surface area contributed by atoms with Crippen LogP contribution in [0.3, 0.4) is 0 Å². The minimum atomic E-state index is -3.69. The Balaban J connectivity index is 2.29. The van der Waals surface area contributed by atoms with Gasteiger partial charge in [-0.3, -0.25) is 9.71 Å². The first kappa shape index (κ1) is 11.5. The maximum Gasteiger partial charge on any atom is 0.272 e. The van der Waals surface area contributed by atoms with Gasteiger partial charge in [0.1, 0.15) is 15.2 Å². The molecule has 0 fully saturated rings. The Hall–Kier alpha value is -1.98. The van der Waals surface area contributed by atoms with Crippen LogP contribution in [0, 0.1) is 11.3 Å². The first-order chi connectivity index (χ1) is 8.12. The van der Waals surface area contributed by atoms with Gasteiger partial charge in [0.2, 0.25) is 0 Å². The van der Waals surface area contributed by atoms with Crippen molar-refractivity contribution in [1.29, 1.82) is 5.26 Å². The van der Waals surface area contributed by atoms with Crippen molar-refractivity contribution in [3.05, 3.63) is 35.6 Å². The van der Waals surface area contributed by atoms with Crippen LogP contribution in [-0.2, 0) is 10.0 Å². The van der Waals surface area contributed by atoms with E-state index < -0.39 is 10.0 Å². The van der Waals surface area contributed by atoms with Crippen LogP contribution in [0.15, 0.2) is 34.9 Å². The lowest BCUT2D eigenvalue weighted by molar-refractivity contribution is 0.603. The Morgan fingerprint density at radius 3 is 2.76 bits per heavy atom. The summed E-state index contributed by atoms with van der Waals surface area (Å²) < 4.78 is 26.0. The van der Waals surface area contributed by atoms with E-state index >= 15 is 0 Å². The van der Waals surface area contributed by atoms with Gasteiger partial charge in [0.25, 0.3) is 10.0 Å². The summed E-state index contributed by atoms with van der Waals surface area (Å²) in [6.45, 7) is 0. The minimum absolute atomic E-state index is 0.0692. The molecule has 17 heavy (non-hydrogen) atoms. The standard InChI is InChI=1S/C9H6N4O2S2/c10-5-7-1-2-9(16-7)17(14,15)13-8-6-11-3-4-12-8/h1-4,6H,(H,12,13). The fraction of sp³-hybridized carbons (Fsp3) is 0. The zero-order valence-corrected chi connectivity index (χ0v) is 9.99. The Kier molecular flexibility index (Phi) is 3.03. The molecule has 0 saturated heterocycles. The number of nitrogens with zero attached hydrogens (tertiary/aromatic N) is 3. The molecule has 1 N–H and O–H groups in total. The number of anilines is 1. The van der Waals surface area contributed by atoms with Gasteiger partial charge in [-0.25, -0.2) is 13.4 Å². The Labute approximate surface area is 102 Å². The topological polar surface area (TPSA) is 95.7 Å². The van der Waals surface area contributed by atoms with Crippen LogP contribution in [-0.4, -0.2) is 18.4 Å². The van der Waals surface area contributed by atoms with Crippen molar-refractivity contribution in [2.75, 3.05) is 4.72 Å². The number of nitriles is 1. The normalized spacial score (nSPS) is 10.8. The van der Waals surface area contributed by atoms with Crippen LogP contribution in [0.1, 0.15) is 4.88 Å². The fourth-order valence-corrected chi connectivity index (χ4v) is 3.16. The molecule has 0 amide bonds. The SMILES string of the molecule is N#Cc1ccc(S(=O)(=O)Nc2cnccn2)s1. The van der Waals surface area contributed by atoms with E-state index in [1.165, 1.54) is 30.7 Å². The number of hydrogen-bond donors (Lipinski definition) is 1. The molecule has 0 saturated carbocycles. The highest BCUT2D eigenvalue weighted by Gasteiger charge is 2.17. The zero-order chi connectivity index (χ0) is 12.3. The Morgan fingerprint density at radius 1 is 1.35 bits per heavy atom. The summed E-state index contributed by atoms with van der Waals surface area (Å²) >= 11 is 0.899. The molecule has 2 aromatic rings. The van der Waals surface area contributed by atoms with Gasteiger partial charge in [0.05, 0.1) is 6.20 Å². The van der Waals surface area contributed by atoms with Crippen molar-refractivity contribution in [2.24, 2.45) is 0 Å². The molecule has 2 heterocycles. The van der Waals surface area contributed by atoms with Crippen molar-refractivity contribution in [3.63, 3.8) is 0 Å². The molecule has 0 aliphatic rings. The molecule has 0 spiro atoms. The number of thiophene rings is 1. The van der Waals surface area contributed by atoms with Gasteiger partial charge in [0, 0.05) is 12.4 Å². The van der Waals surface area contributed by atoms with Crippen molar-refractivity contribution in [2.45, 2.75) is 4.21 Å². The summed E-state index contributed by atoms with van der Waals surface area (Å²) in [6.07, 6.45) is 4.13. The van der Waals surface area contributed by atoms with Crippen molar-refractivity contribution in [3.8, 4) is 6.07 Å². The predicted molar refractivity (Wildman–Crippen MR) is 61.9 cm³/mol. The third-order valence-corrected chi connectivity index (χ3v) is 4.59. The molecule has 0 aliphatic heterocycles. The van der Waals surface area contributed by atoms with Crippen molar-refractivity contribution < 1.29 is 8.42 Å². The molecule has 0 bridgehead atoms. The van der Waals surface area contributed by atoms with E-state index in [2.05, 4.69) is 14.7 Å². The van der Waals surface area contributed by atoms with Crippen LogP contribution >= 0.6 is 11.3 Å². The van der Waals surface area contributed by atoms with E-state index in [0.29, 0.717) is 4.88 Å². The average Bonchev–Trinajstić information content (AvgIpc) is 2.79. The number of sulfonamides is 1. The monoisotopic (exact) mass is 266 g/mol. The molecule has 86 valence electrons. The van der Waals surface area contributed by atoms with E-state index in [0.717, 1.165) is 11.3 Å². The third kappa shape index (κ3) is 2.58. The van der Waals surface area contributed by atoms with Gasteiger partial charge < -0.3 is 0 Å². The second-order valence-electron chi connectivity index (χ2n) is 2.93. The zero-order valence-electron chi connectivity index (χ0n) is 8.36. The van der Waals surface area contributed by atoms with E-state index in [1.807, 2.05) is 6.07 Å². The smallest absolute Gasteiger partial charge is 0.261 e. The highest BCUT2D eigenvalue weighted by Crippen LogP contribution is 2.22. The molecule has 0 unspecified atom stereocenters. The summed E-state index contributed by atoms with van der Waals surface area (Å²) in [5.41, 5.74) is 0. The number of aromatic nitrogens is 2. The lowest BCUT2D eigenvalue weighted by atomic mass is 10.5. The summed E-state index contributed by atoms with van der Waals surface area (Å²) in [6, 6.07) is 4.71. The van der Waals surface area contributed by atoms with Gasteiger partial charge in [-0.05, 0) is 12.1 Å². The highest BCUT2D eigenvalue weighted by atomic mass is 32.2.